The SMILES string of the molecule is CCNC(c1cc2cccc(Cl)c2o1)C(OCC)C(C)C. The first-order valence-electron chi connectivity index (χ1n) is 7.61. The molecular weight excluding hydrogens is 286 g/mol. The summed E-state index contributed by atoms with van der Waals surface area (Å²) in [5.41, 5.74) is 0.746. The number of likely N-dealkylation sites (N-methyl/N-ethyl adjacent to an activating group) is 1. The Kier molecular flexibility index (Phi) is 5.68. The molecule has 0 spiro atoms. The average Bonchev–Trinajstić information content (AvgIpc) is 2.87. The minimum Gasteiger partial charge on any atom is -0.458 e. The molecule has 0 radical (unpaired) electrons. The van der Waals surface area contributed by atoms with Gasteiger partial charge in [0, 0.05) is 12.0 Å². The van der Waals surface area contributed by atoms with Crippen LogP contribution in [-0.4, -0.2) is 19.3 Å². The van der Waals surface area contributed by atoms with E-state index >= 15 is 0 Å². The molecular formula is C17H24ClNO2. The third kappa shape index (κ3) is 3.60. The topological polar surface area (TPSA) is 34.4 Å². The van der Waals surface area contributed by atoms with E-state index in [9.17, 15) is 0 Å². The van der Waals surface area contributed by atoms with Crippen LogP contribution in [0.5, 0.6) is 0 Å². The summed E-state index contributed by atoms with van der Waals surface area (Å²) in [4.78, 5) is 0. The average molecular weight is 310 g/mol. The maximum absolute atomic E-state index is 6.21. The molecule has 21 heavy (non-hydrogen) atoms. The monoisotopic (exact) mass is 309 g/mol. The molecule has 0 aliphatic carbocycles. The molecule has 0 fully saturated rings. The van der Waals surface area contributed by atoms with E-state index < -0.39 is 0 Å². The Morgan fingerprint density at radius 2 is 2.05 bits per heavy atom. The van der Waals surface area contributed by atoms with Crippen molar-refractivity contribution in [1.82, 2.24) is 5.32 Å². The number of benzene rings is 1. The van der Waals surface area contributed by atoms with Crippen LogP contribution >= 0.6 is 11.6 Å². The minimum absolute atomic E-state index is 0.0263. The van der Waals surface area contributed by atoms with Crippen LogP contribution in [0.25, 0.3) is 11.0 Å². The second kappa shape index (κ2) is 7.30. The van der Waals surface area contributed by atoms with E-state index in [4.69, 9.17) is 20.8 Å². The summed E-state index contributed by atoms with van der Waals surface area (Å²) in [6.07, 6.45) is 0.0642. The Hall–Kier alpha value is -1.03. The highest BCUT2D eigenvalue weighted by Crippen LogP contribution is 2.32. The van der Waals surface area contributed by atoms with E-state index in [0.29, 0.717) is 17.5 Å². The second-order valence-corrected chi connectivity index (χ2v) is 5.91. The van der Waals surface area contributed by atoms with Gasteiger partial charge in [0.2, 0.25) is 0 Å². The first kappa shape index (κ1) is 16.3. The number of para-hydroxylation sites is 1. The molecule has 4 heteroatoms. The van der Waals surface area contributed by atoms with Gasteiger partial charge in [0.05, 0.1) is 17.2 Å². The van der Waals surface area contributed by atoms with Crippen molar-refractivity contribution in [2.45, 2.75) is 39.8 Å². The van der Waals surface area contributed by atoms with Crippen molar-refractivity contribution >= 4 is 22.6 Å². The maximum Gasteiger partial charge on any atom is 0.152 e. The fraction of sp³-hybridized carbons (Fsp3) is 0.529. The number of rotatable bonds is 7. The molecule has 0 aliphatic rings. The number of furan rings is 1. The fourth-order valence-corrected chi connectivity index (χ4v) is 2.89. The molecule has 1 N–H and O–H groups in total. The molecule has 2 atom stereocenters. The molecule has 2 unspecified atom stereocenters. The Morgan fingerprint density at radius 3 is 2.62 bits per heavy atom. The first-order chi connectivity index (χ1) is 10.1. The van der Waals surface area contributed by atoms with E-state index in [1.807, 2.05) is 25.1 Å². The van der Waals surface area contributed by atoms with Gasteiger partial charge < -0.3 is 14.5 Å². The Morgan fingerprint density at radius 1 is 1.29 bits per heavy atom. The van der Waals surface area contributed by atoms with Gasteiger partial charge >= 0.3 is 0 Å². The predicted octanol–water partition coefficient (Wildman–Crippen LogP) is 4.80. The van der Waals surface area contributed by atoms with Crippen molar-refractivity contribution in [1.29, 1.82) is 0 Å². The van der Waals surface area contributed by atoms with E-state index in [2.05, 4.69) is 32.2 Å². The Balaban J connectivity index is 2.41. The molecule has 0 bridgehead atoms. The molecule has 0 saturated heterocycles. The van der Waals surface area contributed by atoms with Gasteiger partial charge in [0.1, 0.15) is 5.76 Å². The van der Waals surface area contributed by atoms with Crippen LogP contribution in [0.1, 0.15) is 39.5 Å². The highest BCUT2D eigenvalue weighted by atomic mass is 35.5. The summed E-state index contributed by atoms with van der Waals surface area (Å²) >= 11 is 6.21. The van der Waals surface area contributed by atoms with Gasteiger partial charge in [-0.2, -0.15) is 0 Å². The zero-order valence-corrected chi connectivity index (χ0v) is 13.9. The Bertz CT molecular complexity index is 579. The molecule has 0 saturated carbocycles. The third-order valence-corrected chi connectivity index (χ3v) is 3.89. The zero-order chi connectivity index (χ0) is 15.4. The lowest BCUT2D eigenvalue weighted by Crippen LogP contribution is -2.37. The summed E-state index contributed by atoms with van der Waals surface area (Å²) in [7, 11) is 0. The van der Waals surface area contributed by atoms with Gasteiger partial charge in [0.25, 0.3) is 0 Å². The van der Waals surface area contributed by atoms with Crippen molar-refractivity contribution in [3.05, 3.63) is 35.0 Å². The quantitative estimate of drug-likeness (QED) is 0.798. The van der Waals surface area contributed by atoms with E-state index in [1.54, 1.807) is 0 Å². The van der Waals surface area contributed by atoms with E-state index in [0.717, 1.165) is 23.3 Å². The minimum atomic E-state index is 0.0263. The van der Waals surface area contributed by atoms with Crippen LogP contribution < -0.4 is 5.32 Å². The van der Waals surface area contributed by atoms with Crippen LogP contribution in [0.3, 0.4) is 0 Å². The lowest BCUT2D eigenvalue weighted by atomic mass is 9.97. The van der Waals surface area contributed by atoms with Crippen molar-refractivity contribution in [2.24, 2.45) is 5.92 Å². The Labute approximate surface area is 131 Å². The van der Waals surface area contributed by atoms with Gasteiger partial charge in [-0.15, -0.1) is 0 Å². The van der Waals surface area contributed by atoms with Crippen LogP contribution in [0.2, 0.25) is 5.02 Å². The van der Waals surface area contributed by atoms with Crippen molar-refractivity contribution < 1.29 is 9.15 Å². The standard InChI is InChI=1S/C17H24ClNO2/c1-5-19-15(16(11(3)4)20-6-2)14-10-12-8-7-9-13(18)17(12)21-14/h7-11,15-16,19H,5-6H2,1-4H3. The molecule has 1 aromatic heterocycles. The number of hydrogen-bond acceptors (Lipinski definition) is 3. The summed E-state index contributed by atoms with van der Waals surface area (Å²) in [5.74, 6) is 1.27. The highest BCUT2D eigenvalue weighted by Gasteiger charge is 2.29. The molecule has 2 aromatic rings. The van der Waals surface area contributed by atoms with Gasteiger partial charge in [-0.25, -0.2) is 0 Å². The van der Waals surface area contributed by atoms with E-state index in [-0.39, 0.29) is 12.1 Å². The number of ether oxygens (including phenoxy) is 1. The molecule has 1 aromatic carbocycles. The normalized spacial score (nSPS) is 14.8. The van der Waals surface area contributed by atoms with Gasteiger partial charge in [-0.3, -0.25) is 0 Å². The summed E-state index contributed by atoms with van der Waals surface area (Å²) < 4.78 is 12.0. The smallest absolute Gasteiger partial charge is 0.152 e. The third-order valence-electron chi connectivity index (χ3n) is 3.59. The lowest BCUT2D eigenvalue weighted by Gasteiger charge is -2.29. The number of fused-ring (bicyclic) bond motifs is 1. The fourth-order valence-electron chi connectivity index (χ4n) is 2.67. The van der Waals surface area contributed by atoms with Gasteiger partial charge in [0.15, 0.2) is 5.58 Å². The van der Waals surface area contributed by atoms with Crippen LogP contribution in [0, 0.1) is 5.92 Å². The first-order valence-corrected chi connectivity index (χ1v) is 7.99. The summed E-state index contributed by atoms with van der Waals surface area (Å²) in [6, 6.07) is 7.89. The second-order valence-electron chi connectivity index (χ2n) is 5.51. The van der Waals surface area contributed by atoms with E-state index in [1.165, 1.54) is 0 Å². The van der Waals surface area contributed by atoms with Gasteiger partial charge in [-0.1, -0.05) is 44.5 Å². The van der Waals surface area contributed by atoms with Crippen LogP contribution in [0.15, 0.2) is 28.7 Å². The van der Waals surface area contributed by atoms with Crippen LogP contribution in [-0.2, 0) is 4.74 Å². The lowest BCUT2D eigenvalue weighted by molar-refractivity contribution is -0.00150. The molecule has 0 aliphatic heterocycles. The van der Waals surface area contributed by atoms with Crippen molar-refractivity contribution in [3.63, 3.8) is 0 Å². The molecule has 116 valence electrons. The van der Waals surface area contributed by atoms with Crippen LogP contribution in [0.4, 0.5) is 0 Å². The van der Waals surface area contributed by atoms with Crippen molar-refractivity contribution in [2.75, 3.05) is 13.2 Å². The maximum atomic E-state index is 6.21. The highest BCUT2D eigenvalue weighted by molar-refractivity contribution is 6.34. The molecule has 0 amide bonds. The number of hydrogen-bond donors (Lipinski definition) is 1. The molecule has 2 rings (SSSR count). The largest absolute Gasteiger partial charge is 0.458 e. The summed E-state index contributed by atoms with van der Waals surface area (Å²) in [6.45, 7) is 9.98. The van der Waals surface area contributed by atoms with Gasteiger partial charge in [-0.05, 0) is 31.5 Å². The molecule has 3 nitrogen and oxygen atoms in total. The number of nitrogens with one attached hydrogen (secondary N) is 1. The molecule has 1 heterocycles. The predicted molar refractivity (Wildman–Crippen MR) is 87.9 cm³/mol. The summed E-state index contributed by atoms with van der Waals surface area (Å²) in [5, 5.41) is 5.16. The zero-order valence-electron chi connectivity index (χ0n) is 13.2. The number of halogens is 1. The van der Waals surface area contributed by atoms with Crippen molar-refractivity contribution in [3.8, 4) is 0 Å².